The summed E-state index contributed by atoms with van der Waals surface area (Å²) in [5.74, 6) is -1.23. The molecule has 7 heteroatoms. The van der Waals surface area contributed by atoms with Crippen LogP contribution in [0.15, 0.2) is 42.5 Å². The van der Waals surface area contributed by atoms with Crippen LogP contribution in [0.5, 0.6) is 0 Å². The number of ether oxygens (including phenoxy) is 1. The molecule has 1 aliphatic heterocycles. The van der Waals surface area contributed by atoms with Crippen LogP contribution in [0.25, 0.3) is 0 Å². The van der Waals surface area contributed by atoms with Crippen LogP contribution in [0, 0.1) is 5.82 Å². The normalized spacial score (nSPS) is 18.6. The number of β-amino-alcohol motifs (C(OH)–C–C–N with tert-alkyl or cyclic N) is 1. The molecule has 5 nitrogen and oxygen atoms in total. The van der Waals surface area contributed by atoms with Crippen molar-refractivity contribution in [3.63, 3.8) is 0 Å². The van der Waals surface area contributed by atoms with E-state index in [-0.39, 0.29) is 30.2 Å². The van der Waals surface area contributed by atoms with Crippen LogP contribution in [-0.4, -0.2) is 52.9 Å². The standard InChI is InChI=1S/C25H31ClFNO4/c1-17(22-7-3-2-5-19(22)9-11-25(30)31)32-16-21(29)15-28-12-4-6-20(28)13-18-8-10-23(26)24(27)14-18/h2-3,5,7-8,10,14,17,20-21,29H,4,6,9,11-13,15-16H2,1H3,(H,30,31)/t17-,20?,21?/m1/s1. The van der Waals surface area contributed by atoms with Gasteiger partial charge in [0.05, 0.1) is 23.8 Å². The summed E-state index contributed by atoms with van der Waals surface area (Å²) in [6, 6.07) is 12.8. The second-order valence-corrected chi connectivity index (χ2v) is 8.87. The Labute approximate surface area is 193 Å². The Morgan fingerprint density at radius 2 is 2.09 bits per heavy atom. The highest BCUT2D eigenvalue weighted by atomic mass is 35.5. The summed E-state index contributed by atoms with van der Waals surface area (Å²) in [6.07, 6.45) is 2.39. The number of carboxylic acid groups (broad SMARTS) is 1. The number of aliphatic carboxylic acids is 1. The van der Waals surface area contributed by atoms with Crippen LogP contribution < -0.4 is 0 Å². The first-order valence-corrected chi connectivity index (χ1v) is 11.5. The van der Waals surface area contributed by atoms with Crippen LogP contribution >= 0.6 is 11.6 Å². The van der Waals surface area contributed by atoms with Crippen molar-refractivity contribution in [1.29, 1.82) is 0 Å². The van der Waals surface area contributed by atoms with E-state index < -0.39 is 17.9 Å². The van der Waals surface area contributed by atoms with Crippen LogP contribution in [0.4, 0.5) is 4.39 Å². The molecule has 0 aromatic heterocycles. The van der Waals surface area contributed by atoms with Gasteiger partial charge in [-0.05, 0) is 68.0 Å². The third kappa shape index (κ3) is 7.01. The first-order chi connectivity index (χ1) is 15.3. The zero-order valence-electron chi connectivity index (χ0n) is 18.3. The molecular formula is C25H31ClFNO4. The van der Waals surface area contributed by atoms with E-state index in [2.05, 4.69) is 4.90 Å². The van der Waals surface area contributed by atoms with E-state index in [1.165, 1.54) is 6.07 Å². The maximum absolute atomic E-state index is 13.8. The van der Waals surface area contributed by atoms with Crippen LogP contribution in [-0.2, 0) is 22.4 Å². The summed E-state index contributed by atoms with van der Waals surface area (Å²) in [4.78, 5) is 13.2. The zero-order valence-corrected chi connectivity index (χ0v) is 19.1. The van der Waals surface area contributed by atoms with E-state index >= 15 is 0 Å². The lowest BCUT2D eigenvalue weighted by Crippen LogP contribution is -2.39. The number of carboxylic acids is 1. The molecule has 174 valence electrons. The van der Waals surface area contributed by atoms with E-state index in [4.69, 9.17) is 21.4 Å². The van der Waals surface area contributed by atoms with E-state index in [0.717, 1.165) is 42.5 Å². The second-order valence-electron chi connectivity index (χ2n) is 8.47. The summed E-state index contributed by atoms with van der Waals surface area (Å²) in [7, 11) is 0. The highest BCUT2D eigenvalue weighted by Gasteiger charge is 2.27. The van der Waals surface area contributed by atoms with Gasteiger partial charge in [-0.2, -0.15) is 0 Å². The number of benzene rings is 2. The number of hydrogen-bond acceptors (Lipinski definition) is 4. The number of rotatable bonds is 11. The molecule has 1 heterocycles. The van der Waals surface area contributed by atoms with Gasteiger partial charge in [0, 0.05) is 19.0 Å². The molecule has 0 radical (unpaired) electrons. The molecule has 0 amide bonds. The molecule has 2 aromatic rings. The van der Waals surface area contributed by atoms with Crippen molar-refractivity contribution in [2.24, 2.45) is 0 Å². The van der Waals surface area contributed by atoms with Gasteiger partial charge in [-0.25, -0.2) is 4.39 Å². The third-order valence-corrected chi connectivity index (χ3v) is 6.35. The van der Waals surface area contributed by atoms with Crippen molar-refractivity contribution in [3.8, 4) is 0 Å². The second kappa shape index (κ2) is 11.8. The fraction of sp³-hybridized carbons (Fsp3) is 0.480. The highest BCUT2D eigenvalue weighted by molar-refractivity contribution is 6.30. The van der Waals surface area contributed by atoms with Crippen molar-refractivity contribution in [2.45, 2.75) is 57.3 Å². The van der Waals surface area contributed by atoms with Crippen LogP contribution in [0.3, 0.4) is 0 Å². The largest absolute Gasteiger partial charge is 0.481 e. The van der Waals surface area contributed by atoms with E-state index in [1.807, 2.05) is 37.3 Å². The van der Waals surface area contributed by atoms with Gasteiger partial charge in [-0.3, -0.25) is 9.69 Å². The van der Waals surface area contributed by atoms with Crippen molar-refractivity contribution in [3.05, 3.63) is 70.0 Å². The van der Waals surface area contributed by atoms with Gasteiger partial charge in [-0.1, -0.05) is 41.9 Å². The first kappa shape index (κ1) is 24.6. The number of nitrogens with zero attached hydrogens (tertiary/aromatic N) is 1. The number of aliphatic hydroxyl groups excluding tert-OH is 1. The lowest BCUT2D eigenvalue weighted by atomic mass is 9.99. The molecule has 2 N–H and O–H groups in total. The molecule has 32 heavy (non-hydrogen) atoms. The van der Waals surface area contributed by atoms with E-state index in [1.54, 1.807) is 6.07 Å². The van der Waals surface area contributed by atoms with Crippen molar-refractivity contribution >= 4 is 17.6 Å². The molecule has 3 rings (SSSR count). The summed E-state index contributed by atoms with van der Waals surface area (Å²) in [6.45, 7) is 3.49. The molecule has 1 saturated heterocycles. The Hall–Kier alpha value is -1.99. The summed E-state index contributed by atoms with van der Waals surface area (Å²) in [5.41, 5.74) is 2.80. The van der Waals surface area contributed by atoms with Crippen molar-refractivity contribution in [2.75, 3.05) is 19.7 Å². The van der Waals surface area contributed by atoms with Gasteiger partial charge in [0.2, 0.25) is 0 Å². The predicted octanol–water partition coefficient (Wildman–Crippen LogP) is 4.64. The predicted molar refractivity (Wildman–Crippen MR) is 122 cm³/mol. The Morgan fingerprint density at radius 1 is 1.31 bits per heavy atom. The minimum absolute atomic E-state index is 0.0697. The minimum Gasteiger partial charge on any atom is -0.481 e. The molecule has 0 saturated carbocycles. The average Bonchev–Trinajstić information content (AvgIpc) is 3.19. The quantitative estimate of drug-likeness (QED) is 0.508. The summed E-state index contributed by atoms with van der Waals surface area (Å²) in [5, 5.41) is 19.7. The van der Waals surface area contributed by atoms with Gasteiger partial charge < -0.3 is 14.9 Å². The van der Waals surface area contributed by atoms with Gasteiger partial charge in [0.25, 0.3) is 0 Å². The number of halogens is 2. The SMILES string of the molecule is C[C@@H](OCC(O)CN1CCCC1Cc1ccc(Cl)c(F)c1)c1ccccc1CCC(=O)O. The van der Waals surface area contributed by atoms with Crippen molar-refractivity contribution in [1.82, 2.24) is 4.90 Å². The van der Waals surface area contributed by atoms with Gasteiger partial charge in [0.1, 0.15) is 5.82 Å². The van der Waals surface area contributed by atoms with Crippen molar-refractivity contribution < 1.29 is 24.1 Å². The van der Waals surface area contributed by atoms with Gasteiger partial charge >= 0.3 is 5.97 Å². The smallest absolute Gasteiger partial charge is 0.303 e. The average molecular weight is 464 g/mol. The van der Waals surface area contributed by atoms with E-state index in [0.29, 0.717) is 13.0 Å². The molecule has 0 spiro atoms. The third-order valence-electron chi connectivity index (χ3n) is 6.04. The van der Waals surface area contributed by atoms with Gasteiger partial charge in [-0.15, -0.1) is 0 Å². The van der Waals surface area contributed by atoms with Crippen LogP contribution in [0.1, 0.15) is 49.0 Å². The Balaban J connectivity index is 1.51. The zero-order chi connectivity index (χ0) is 23.1. The fourth-order valence-electron chi connectivity index (χ4n) is 4.37. The molecule has 1 aliphatic rings. The Bertz CT molecular complexity index is 909. The minimum atomic E-state index is -0.828. The number of aliphatic hydroxyl groups is 1. The molecule has 1 fully saturated rings. The number of aryl methyl sites for hydroxylation is 1. The fourth-order valence-corrected chi connectivity index (χ4v) is 4.49. The highest BCUT2D eigenvalue weighted by Crippen LogP contribution is 2.25. The topological polar surface area (TPSA) is 70.0 Å². The number of likely N-dealkylation sites (tertiary alicyclic amines) is 1. The van der Waals surface area contributed by atoms with Gasteiger partial charge in [0.15, 0.2) is 0 Å². The molecule has 2 aromatic carbocycles. The van der Waals surface area contributed by atoms with Crippen LogP contribution in [0.2, 0.25) is 5.02 Å². The lowest BCUT2D eigenvalue weighted by molar-refractivity contribution is -0.136. The molecule has 0 bridgehead atoms. The number of hydrogen-bond donors (Lipinski definition) is 2. The summed E-state index contributed by atoms with van der Waals surface area (Å²) >= 11 is 5.78. The summed E-state index contributed by atoms with van der Waals surface area (Å²) < 4.78 is 19.7. The van der Waals surface area contributed by atoms with E-state index in [9.17, 15) is 14.3 Å². The maximum atomic E-state index is 13.8. The number of carbonyl (C=O) groups is 1. The Kier molecular flexibility index (Phi) is 9.05. The molecule has 3 atom stereocenters. The molecule has 2 unspecified atom stereocenters. The molecule has 0 aliphatic carbocycles. The lowest BCUT2D eigenvalue weighted by Gasteiger charge is -2.27. The maximum Gasteiger partial charge on any atom is 0.303 e. The monoisotopic (exact) mass is 463 g/mol. The molecular weight excluding hydrogens is 433 g/mol. The first-order valence-electron chi connectivity index (χ1n) is 11.1. The Morgan fingerprint density at radius 3 is 2.84 bits per heavy atom.